The third kappa shape index (κ3) is 5.55. The molecule has 0 aliphatic heterocycles. The van der Waals surface area contributed by atoms with Gasteiger partial charge in [-0.3, -0.25) is 9.59 Å². The molecule has 148 valence electrons. The van der Waals surface area contributed by atoms with Gasteiger partial charge in [0.1, 0.15) is 0 Å². The maximum Gasteiger partial charge on any atom is 0.252 e. The minimum atomic E-state index is -0.150. The molecule has 0 fully saturated rings. The average Bonchev–Trinajstić information content (AvgIpc) is 2.75. The van der Waals surface area contributed by atoms with Crippen molar-refractivity contribution in [1.29, 1.82) is 0 Å². The number of carbonyl (C=O) groups excluding carboxylic acids is 2. The van der Waals surface area contributed by atoms with Gasteiger partial charge in [0.15, 0.2) is 0 Å². The Balaban J connectivity index is 1.69. The Morgan fingerprint density at radius 3 is 2.21 bits per heavy atom. The van der Waals surface area contributed by atoms with Gasteiger partial charge in [0, 0.05) is 17.7 Å². The van der Waals surface area contributed by atoms with Crippen LogP contribution in [0.4, 0.5) is 5.69 Å². The summed E-state index contributed by atoms with van der Waals surface area (Å²) in [5.41, 5.74) is 4.60. The molecular weight excluding hydrogens is 360 g/mol. The molecule has 0 spiro atoms. The van der Waals surface area contributed by atoms with E-state index in [4.69, 9.17) is 0 Å². The number of hydrogen-bond acceptors (Lipinski definition) is 2. The summed E-state index contributed by atoms with van der Waals surface area (Å²) in [5.74, 6) is -0.110. The number of nitrogens with one attached hydrogen (secondary N) is 2. The van der Waals surface area contributed by atoms with Gasteiger partial charge in [-0.1, -0.05) is 67.6 Å². The standard InChI is InChI=1S/C25H26N2O2/c1-3-24(28)27-22-15-13-20(14-16-22)18(2)26-25(29)23-12-8-7-11-21(23)17-19-9-5-4-6-10-19/h4-16,18H,3,17H2,1-2H3,(H,26,29)(H,27,28). The number of rotatable bonds is 7. The summed E-state index contributed by atoms with van der Waals surface area (Å²) in [6, 6.07) is 25.3. The molecule has 1 unspecified atom stereocenters. The molecule has 0 saturated heterocycles. The van der Waals surface area contributed by atoms with Gasteiger partial charge >= 0.3 is 0 Å². The van der Waals surface area contributed by atoms with Crippen molar-refractivity contribution >= 4 is 17.5 Å². The third-order valence-electron chi connectivity index (χ3n) is 4.86. The van der Waals surface area contributed by atoms with Crippen LogP contribution in [0.1, 0.15) is 53.4 Å². The minimum Gasteiger partial charge on any atom is -0.346 e. The first kappa shape index (κ1) is 20.3. The summed E-state index contributed by atoms with van der Waals surface area (Å²) < 4.78 is 0. The van der Waals surface area contributed by atoms with E-state index in [1.165, 1.54) is 5.56 Å². The average molecular weight is 386 g/mol. The largest absolute Gasteiger partial charge is 0.346 e. The second-order valence-corrected chi connectivity index (χ2v) is 7.04. The van der Waals surface area contributed by atoms with Gasteiger partial charge in [0.05, 0.1) is 6.04 Å². The molecule has 4 nitrogen and oxygen atoms in total. The molecule has 0 aromatic heterocycles. The lowest BCUT2D eigenvalue weighted by Crippen LogP contribution is -2.27. The van der Waals surface area contributed by atoms with E-state index in [0.29, 0.717) is 18.4 Å². The van der Waals surface area contributed by atoms with E-state index in [0.717, 1.165) is 16.8 Å². The van der Waals surface area contributed by atoms with Crippen molar-refractivity contribution in [3.8, 4) is 0 Å². The van der Waals surface area contributed by atoms with Crippen LogP contribution in [0.25, 0.3) is 0 Å². The van der Waals surface area contributed by atoms with Gasteiger partial charge in [-0.15, -0.1) is 0 Å². The fourth-order valence-electron chi connectivity index (χ4n) is 3.17. The highest BCUT2D eigenvalue weighted by atomic mass is 16.2. The van der Waals surface area contributed by atoms with E-state index >= 15 is 0 Å². The summed E-state index contributed by atoms with van der Waals surface area (Å²) in [7, 11) is 0. The molecule has 3 rings (SSSR count). The van der Waals surface area contributed by atoms with Crippen LogP contribution < -0.4 is 10.6 Å². The van der Waals surface area contributed by atoms with E-state index < -0.39 is 0 Å². The van der Waals surface area contributed by atoms with Crippen molar-refractivity contribution in [2.75, 3.05) is 5.32 Å². The van der Waals surface area contributed by atoms with Crippen molar-refractivity contribution in [2.24, 2.45) is 0 Å². The highest BCUT2D eigenvalue weighted by Gasteiger charge is 2.15. The van der Waals surface area contributed by atoms with Crippen LogP contribution in [0.15, 0.2) is 78.9 Å². The lowest BCUT2D eigenvalue weighted by Gasteiger charge is -2.17. The zero-order chi connectivity index (χ0) is 20.6. The zero-order valence-corrected chi connectivity index (χ0v) is 16.8. The van der Waals surface area contributed by atoms with Crippen LogP contribution in [0.5, 0.6) is 0 Å². The normalized spacial score (nSPS) is 11.5. The molecule has 0 radical (unpaired) electrons. The lowest BCUT2D eigenvalue weighted by molar-refractivity contribution is -0.115. The van der Waals surface area contributed by atoms with Crippen LogP contribution in [0.2, 0.25) is 0 Å². The highest BCUT2D eigenvalue weighted by molar-refractivity contribution is 5.96. The first-order valence-electron chi connectivity index (χ1n) is 9.89. The minimum absolute atomic E-state index is 0.0193. The summed E-state index contributed by atoms with van der Waals surface area (Å²) in [6.07, 6.45) is 1.15. The first-order chi connectivity index (χ1) is 14.1. The van der Waals surface area contributed by atoms with Gasteiger partial charge in [-0.05, 0) is 48.2 Å². The van der Waals surface area contributed by atoms with Crippen LogP contribution >= 0.6 is 0 Å². The second kappa shape index (κ2) is 9.69. The predicted molar refractivity (Wildman–Crippen MR) is 117 cm³/mol. The van der Waals surface area contributed by atoms with Crippen molar-refractivity contribution < 1.29 is 9.59 Å². The first-order valence-corrected chi connectivity index (χ1v) is 9.89. The van der Waals surface area contributed by atoms with Crippen LogP contribution in [0.3, 0.4) is 0 Å². The van der Waals surface area contributed by atoms with Crippen LogP contribution in [-0.2, 0) is 11.2 Å². The number of benzene rings is 3. The van der Waals surface area contributed by atoms with Gasteiger partial charge in [-0.2, -0.15) is 0 Å². The van der Waals surface area contributed by atoms with Gasteiger partial charge in [0.2, 0.25) is 5.91 Å². The predicted octanol–water partition coefficient (Wildman–Crippen LogP) is 5.12. The molecule has 0 aliphatic rings. The maximum absolute atomic E-state index is 12.9. The number of hydrogen-bond donors (Lipinski definition) is 2. The Kier molecular flexibility index (Phi) is 6.80. The van der Waals surface area contributed by atoms with Crippen LogP contribution in [0, 0.1) is 0 Å². The van der Waals surface area contributed by atoms with Crippen molar-refractivity contribution in [3.05, 3.63) is 101 Å². The Hall–Kier alpha value is -3.40. The van der Waals surface area contributed by atoms with Gasteiger partial charge < -0.3 is 10.6 Å². The van der Waals surface area contributed by atoms with Gasteiger partial charge in [0.25, 0.3) is 5.91 Å². The SMILES string of the molecule is CCC(=O)Nc1ccc(C(C)NC(=O)c2ccccc2Cc2ccccc2)cc1. The maximum atomic E-state index is 12.9. The number of anilines is 1. The Morgan fingerprint density at radius 2 is 1.52 bits per heavy atom. The number of carbonyl (C=O) groups is 2. The monoisotopic (exact) mass is 386 g/mol. The summed E-state index contributed by atoms with van der Waals surface area (Å²) >= 11 is 0. The third-order valence-corrected chi connectivity index (χ3v) is 4.86. The second-order valence-electron chi connectivity index (χ2n) is 7.04. The van der Waals surface area contributed by atoms with Gasteiger partial charge in [-0.25, -0.2) is 0 Å². The molecule has 2 amide bonds. The summed E-state index contributed by atoms with van der Waals surface area (Å²) in [5, 5.41) is 5.91. The zero-order valence-electron chi connectivity index (χ0n) is 16.8. The van der Waals surface area contributed by atoms with Crippen LogP contribution in [-0.4, -0.2) is 11.8 Å². The highest BCUT2D eigenvalue weighted by Crippen LogP contribution is 2.19. The molecule has 1 atom stereocenters. The fourth-order valence-corrected chi connectivity index (χ4v) is 3.17. The molecule has 3 aromatic carbocycles. The van der Waals surface area contributed by atoms with Crippen molar-refractivity contribution in [3.63, 3.8) is 0 Å². The quantitative estimate of drug-likeness (QED) is 0.592. The Bertz CT molecular complexity index is 966. The molecule has 29 heavy (non-hydrogen) atoms. The molecule has 3 aromatic rings. The lowest BCUT2D eigenvalue weighted by atomic mass is 9.99. The van der Waals surface area contributed by atoms with Crippen molar-refractivity contribution in [1.82, 2.24) is 5.32 Å². The van der Waals surface area contributed by atoms with E-state index in [2.05, 4.69) is 22.8 Å². The van der Waals surface area contributed by atoms with E-state index in [1.807, 2.05) is 80.6 Å². The molecule has 0 aliphatic carbocycles. The Morgan fingerprint density at radius 1 is 0.862 bits per heavy atom. The molecule has 2 N–H and O–H groups in total. The fraction of sp³-hybridized carbons (Fsp3) is 0.200. The summed E-state index contributed by atoms with van der Waals surface area (Å²) in [4.78, 5) is 24.4. The summed E-state index contributed by atoms with van der Waals surface area (Å²) in [6.45, 7) is 3.77. The molecular formula is C25H26N2O2. The number of amides is 2. The van der Waals surface area contributed by atoms with E-state index in [9.17, 15) is 9.59 Å². The Labute approximate surface area is 172 Å². The molecule has 0 saturated carbocycles. The molecule has 0 heterocycles. The smallest absolute Gasteiger partial charge is 0.252 e. The molecule has 0 bridgehead atoms. The molecule has 4 heteroatoms. The van der Waals surface area contributed by atoms with Crippen molar-refractivity contribution in [2.45, 2.75) is 32.7 Å². The topological polar surface area (TPSA) is 58.2 Å². The van der Waals surface area contributed by atoms with E-state index in [-0.39, 0.29) is 17.9 Å². The van der Waals surface area contributed by atoms with E-state index in [1.54, 1.807) is 0 Å².